The minimum Gasteiger partial charge on any atom is -0.314 e. The first kappa shape index (κ1) is 16.1. The Balaban J connectivity index is 2.22. The molecule has 1 rings (SSSR count). The van der Waals surface area contributed by atoms with Crippen LogP contribution in [0.5, 0.6) is 0 Å². The molecule has 0 aromatic heterocycles. The molecule has 1 atom stereocenters. The molecule has 0 saturated heterocycles. The number of sulfonamides is 1. The van der Waals surface area contributed by atoms with Crippen LogP contribution in [0.25, 0.3) is 0 Å². The SMILES string of the molecule is CCC(Cc1ccccc1)NCCCNS(C)(=O)=O. The van der Waals surface area contributed by atoms with Crippen LogP contribution >= 0.6 is 0 Å². The lowest BCUT2D eigenvalue weighted by Gasteiger charge is -2.17. The first-order chi connectivity index (χ1) is 9.01. The quantitative estimate of drug-likeness (QED) is 0.676. The lowest BCUT2D eigenvalue weighted by atomic mass is 10.0. The highest BCUT2D eigenvalue weighted by Gasteiger charge is 2.06. The lowest BCUT2D eigenvalue weighted by molar-refractivity contribution is 0.487. The molecule has 1 aromatic carbocycles. The van der Waals surface area contributed by atoms with Crippen LogP contribution in [0, 0.1) is 0 Å². The topological polar surface area (TPSA) is 58.2 Å². The monoisotopic (exact) mass is 284 g/mol. The van der Waals surface area contributed by atoms with E-state index >= 15 is 0 Å². The van der Waals surface area contributed by atoms with Crippen molar-refractivity contribution < 1.29 is 8.42 Å². The third-order valence-electron chi connectivity index (χ3n) is 2.97. The Morgan fingerprint density at radius 3 is 2.42 bits per heavy atom. The van der Waals surface area contributed by atoms with Crippen LogP contribution in [0.3, 0.4) is 0 Å². The standard InChI is InChI=1S/C14H24N2O2S/c1-3-14(12-13-8-5-4-6-9-13)15-10-7-11-16-19(2,17)18/h4-6,8-9,14-16H,3,7,10-12H2,1-2H3. The van der Waals surface area contributed by atoms with Gasteiger partial charge in [-0.25, -0.2) is 13.1 Å². The maximum absolute atomic E-state index is 10.9. The van der Waals surface area contributed by atoms with Gasteiger partial charge in [-0.05, 0) is 31.4 Å². The Morgan fingerprint density at radius 2 is 1.84 bits per heavy atom. The Labute approximate surface area is 116 Å². The van der Waals surface area contributed by atoms with Crippen molar-refractivity contribution in [2.75, 3.05) is 19.3 Å². The van der Waals surface area contributed by atoms with Gasteiger partial charge in [0.15, 0.2) is 0 Å². The number of hydrogen-bond donors (Lipinski definition) is 2. The zero-order chi connectivity index (χ0) is 14.1. The highest BCUT2D eigenvalue weighted by molar-refractivity contribution is 7.88. The molecule has 0 radical (unpaired) electrons. The van der Waals surface area contributed by atoms with Crippen LogP contribution in [0.4, 0.5) is 0 Å². The van der Waals surface area contributed by atoms with E-state index in [1.165, 1.54) is 11.8 Å². The Morgan fingerprint density at radius 1 is 1.16 bits per heavy atom. The van der Waals surface area contributed by atoms with Gasteiger partial charge in [0.25, 0.3) is 0 Å². The molecular weight excluding hydrogens is 260 g/mol. The van der Waals surface area contributed by atoms with E-state index in [9.17, 15) is 8.42 Å². The predicted molar refractivity (Wildman–Crippen MR) is 79.7 cm³/mol. The summed E-state index contributed by atoms with van der Waals surface area (Å²) in [4.78, 5) is 0. The number of benzene rings is 1. The van der Waals surface area contributed by atoms with Gasteiger partial charge in [0, 0.05) is 12.6 Å². The largest absolute Gasteiger partial charge is 0.314 e. The molecule has 4 nitrogen and oxygen atoms in total. The minimum absolute atomic E-state index is 0.445. The molecule has 5 heteroatoms. The van der Waals surface area contributed by atoms with Gasteiger partial charge >= 0.3 is 0 Å². The van der Waals surface area contributed by atoms with Gasteiger partial charge in [0.2, 0.25) is 10.0 Å². The maximum atomic E-state index is 10.9. The Hall–Kier alpha value is -0.910. The molecule has 0 bridgehead atoms. The van der Waals surface area contributed by atoms with Crippen molar-refractivity contribution in [2.24, 2.45) is 0 Å². The first-order valence-corrected chi connectivity index (χ1v) is 8.62. The van der Waals surface area contributed by atoms with Gasteiger partial charge in [0.05, 0.1) is 6.26 Å². The van der Waals surface area contributed by atoms with Gasteiger partial charge < -0.3 is 5.32 Å². The van der Waals surface area contributed by atoms with Crippen LogP contribution in [-0.2, 0) is 16.4 Å². The molecular formula is C14H24N2O2S. The van der Waals surface area contributed by atoms with E-state index in [4.69, 9.17) is 0 Å². The maximum Gasteiger partial charge on any atom is 0.208 e. The van der Waals surface area contributed by atoms with E-state index in [1.54, 1.807) is 0 Å². The van der Waals surface area contributed by atoms with Crippen molar-refractivity contribution in [1.29, 1.82) is 0 Å². The molecule has 0 heterocycles. The lowest BCUT2D eigenvalue weighted by Crippen LogP contribution is -2.33. The van der Waals surface area contributed by atoms with Crippen molar-refractivity contribution >= 4 is 10.0 Å². The second kappa shape index (κ2) is 8.30. The van der Waals surface area contributed by atoms with E-state index < -0.39 is 10.0 Å². The summed E-state index contributed by atoms with van der Waals surface area (Å²) < 4.78 is 24.3. The average molecular weight is 284 g/mol. The fourth-order valence-electron chi connectivity index (χ4n) is 1.91. The van der Waals surface area contributed by atoms with Gasteiger partial charge in [-0.15, -0.1) is 0 Å². The second-order valence-corrected chi connectivity index (χ2v) is 6.60. The predicted octanol–water partition coefficient (Wildman–Crippen LogP) is 1.54. The van der Waals surface area contributed by atoms with E-state index in [1.807, 2.05) is 6.07 Å². The molecule has 1 aromatic rings. The van der Waals surface area contributed by atoms with E-state index in [0.29, 0.717) is 12.6 Å². The van der Waals surface area contributed by atoms with Gasteiger partial charge in [-0.1, -0.05) is 37.3 Å². The molecule has 1 unspecified atom stereocenters. The summed E-state index contributed by atoms with van der Waals surface area (Å²) in [6.07, 6.45) is 4.06. The number of hydrogen-bond acceptors (Lipinski definition) is 3. The smallest absolute Gasteiger partial charge is 0.208 e. The zero-order valence-corrected chi connectivity index (χ0v) is 12.5. The molecule has 0 aliphatic heterocycles. The summed E-state index contributed by atoms with van der Waals surface area (Å²) in [5.74, 6) is 0. The van der Waals surface area contributed by atoms with Crippen molar-refractivity contribution in [1.82, 2.24) is 10.0 Å². The van der Waals surface area contributed by atoms with Crippen LogP contribution in [0.2, 0.25) is 0 Å². The summed E-state index contributed by atoms with van der Waals surface area (Å²) in [5, 5.41) is 3.47. The highest BCUT2D eigenvalue weighted by atomic mass is 32.2. The molecule has 2 N–H and O–H groups in total. The average Bonchev–Trinajstić information content (AvgIpc) is 2.37. The summed E-state index contributed by atoms with van der Waals surface area (Å²) in [5.41, 5.74) is 1.33. The third kappa shape index (κ3) is 7.97. The van der Waals surface area contributed by atoms with E-state index in [2.05, 4.69) is 41.2 Å². The van der Waals surface area contributed by atoms with Crippen LogP contribution in [0.1, 0.15) is 25.3 Å². The van der Waals surface area contributed by atoms with Crippen molar-refractivity contribution in [3.8, 4) is 0 Å². The van der Waals surface area contributed by atoms with Crippen LogP contribution in [0.15, 0.2) is 30.3 Å². The summed E-state index contributed by atoms with van der Waals surface area (Å²) in [7, 11) is -3.06. The first-order valence-electron chi connectivity index (χ1n) is 6.73. The fourth-order valence-corrected chi connectivity index (χ4v) is 2.43. The van der Waals surface area contributed by atoms with Gasteiger partial charge in [-0.2, -0.15) is 0 Å². The number of nitrogens with one attached hydrogen (secondary N) is 2. The Kier molecular flexibility index (Phi) is 7.05. The molecule has 0 saturated carbocycles. The van der Waals surface area contributed by atoms with Gasteiger partial charge in [-0.3, -0.25) is 0 Å². The van der Waals surface area contributed by atoms with Crippen LogP contribution < -0.4 is 10.0 Å². The summed E-state index contributed by atoms with van der Waals surface area (Å²) in [6.45, 7) is 3.48. The van der Waals surface area contributed by atoms with Crippen LogP contribution in [-0.4, -0.2) is 33.8 Å². The molecule has 0 aliphatic rings. The zero-order valence-electron chi connectivity index (χ0n) is 11.7. The number of rotatable bonds is 9. The van der Waals surface area contributed by atoms with Gasteiger partial charge in [0.1, 0.15) is 0 Å². The fraction of sp³-hybridized carbons (Fsp3) is 0.571. The molecule has 0 aliphatic carbocycles. The normalized spacial score (nSPS) is 13.4. The van der Waals surface area contributed by atoms with Crippen molar-refractivity contribution in [3.05, 3.63) is 35.9 Å². The molecule has 19 heavy (non-hydrogen) atoms. The third-order valence-corrected chi connectivity index (χ3v) is 3.70. The summed E-state index contributed by atoms with van der Waals surface area (Å²) >= 11 is 0. The summed E-state index contributed by atoms with van der Waals surface area (Å²) in [6, 6.07) is 10.8. The van der Waals surface area contributed by atoms with E-state index in [-0.39, 0.29) is 0 Å². The molecule has 108 valence electrons. The minimum atomic E-state index is -3.06. The molecule has 0 spiro atoms. The Bertz CT molecular complexity index is 446. The van der Waals surface area contributed by atoms with Crippen molar-refractivity contribution in [3.63, 3.8) is 0 Å². The molecule has 0 amide bonds. The highest BCUT2D eigenvalue weighted by Crippen LogP contribution is 2.05. The van der Waals surface area contributed by atoms with Crippen molar-refractivity contribution in [2.45, 2.75) is 32.2 Å². The molecule has 0 fully saturated rings. The van der Waals surface area contributed by atoms with E-state index in [0.717, 1.165) is 25.8 Å². The second-order valence-electron chi connectivity index (χ2n) is 4.77.